The number of carbonyl (C=O) groups is 3. The number of aryl methyl sites for hydroxylation is 1. The first-order valence-corrected chi connectivity index (χ1v) is 10.8. The number of para-hydroxylation sites is 1. The summed E-state index contributed by atoms with van der Waals surface area (Å²) < 4.78 is 10.4. The van der Waals surface area contributed by atoms with Crippen LogP contribution in [0.25, 0.3) is 0 Å². The number of amides is 1. The zero-order chi connectivity index (χ0) is 22.4. The topological polar surface area (TPSA) is 88.7 Å². The third-order valence-electron chi connectivity index (χ3n) is 5.69. The first-order valence-electron chi connectivity index (χ1n) is 10.8. The van der Waals surface area contributed by atoms with Gasteiger partial charge in [-0.05, 0) is 51.3 Å². The fourth-order valence-corrected chi connectivity index (χ4v) is 4.22. The summed E-state index contributed by atoms with van der Waals surface area (Å²) in [5.74, 6) is -1.40. The fraction of sp³-hybridized carbons (Fsp3) is 0.458. The van der Waals surface area contributed by atoms with Gasteiger partial charge in [0.1, 0.15) is 5.69 Å². The lowest BCUT2D eigenvalue weighted by Gasteiger charge is -2.34. The number of aromatic nitrogens is 1. The molecule has 7 heteroatoms. The molecule has 1 aromatic heterocycles. The molecule has 1 aliphatic rings. The van der Waals surface area contributed by atoms with E-state index in [4.69, 9.17) is 9.47 Å². The van der Waals surface area contributed by atoms with Gasteiger partial charge < -0.3 is 19.4 Å². The van der Waals surface area contributed by atoms with Gasteiger partial charge in [-0.3, -0.25) is 4.79 Å². The minimum atomic E-state index is -0.633. The Hall–Kier alpha value is -3.09. The average molecular weight is 427 g/mol. The number of carbonyl (C=O) groups excluding carboxylic acids is 3. The molecule has 1 fully saturated rings. The highest BCUT2D eigenvalue weighted by molar-refractivity contribution is 6.00. The van der Waals surface area contributed by atoms with Crippen molar-refractivity contribution >= 4 is 23.5 Å². The van der Waals surface area contributed by atoms with E-state index < -0.39 is 11.9 Å². The highest BCUT2D eigenvalue weighted by Gasteiger charge is 2.29. The molecular weight excluding hydrogens is 396 g/mol. The van der Waals surface area contributed by atoms with Crippen LogP contribution in [0, 0.1) is 13.8 Å². The smallest absolute Gasteiger partial charge is 0.355 e. The lowest BCUT2D eigenvalue weighted by molar-refractivity contribution is -0.122. The highest BCUT2D eigenvalue weighted by Crippen LogP contribution is 2.28. The molecule has 1 aromatic carbocycles. The maximum atomic E-state index is 13.1. The van der Waals surface area contributed by atoms with Crippen molar-refractivity contribution in [2.45, 2.75) is 58.9 Å². The molecule has 1 N–H and O–H groups in total. The van der Waals surface area contributed by atoms with E-state index in [0.717, 1.165) is 31.4 Å². The van der Waals surface area contributed by atoms with Gasteiger partial charge in [0.25, 0.3) is 5.91 Å². The first kappa shape index (κ1) is 22.6. The van der Waals surface area contributed by atoms with Gasteiger partial charge in [0.05, 0.1) is 12.2 Å². The predicted molar refractivity (Wildman–Crippen MR) is 117 cm³/mol. The van der Waals surface area contributed by atoms with Crippen LogP contribution in [0.15, 0.2) is 30.3 Å². The number of aromatic amines is 1. The Labute approximate surface area is 182 Å². The summed E-state index contributed by atoms with van der Waals surface area (Å²) in [5, 5.41) is 0. The molecule has 0 bridgehead atoms. The summed E-state index contributed by atoms with van der Waals surface area (Å²) in [4.78, 5) is 42.6. The molecule has 3 rings (SSSR count). The van der Waals surface area contributed by atoms with E-state index >= 15 is 0 Å². The van der Waals surface area contributed by atoms with E-state index in [1.54, 1.807) is 25.7 Å². The van der Waals surface area contributed by atoms with Gasteiger partial charge in [-0.15, -0.1) is 0 Å². The lowest BCUT2D eigenvalue weighted by atomic mass is 9.93. The molecule has 31 heavy (non-hydrogen) atoms. The van der Waals surface area contributed by atoms with E-state index in [1.807, 2.05) is 30.3 Å². The zero-order valence-corrected chi connectivity index (χ0v) is 18.4. The Morgan fingerprint density at radius 1 is 1.00 bits per heavy atom. The Morgan fingerprint density at radius 3 is 2.32 bits per heavy atom. The molecule has 166 valence electrons. The molecule has 0 aliphatic heterocycles. The number of nitrogens with one attached hydrogen (secondary N) is 1. The molecule has 1 amide bonds. The van der Waals surface area contributed by atoms with Gasteiger partial charge >= 0.3 is 11.9 Å². The number of nitrogens with zero attached hydrogens (tertiary/aromatic N) is 1. The van der Waals surface area contributed by atoms with Crippen LogP contribution in [0.4, 0.5) is 5.69 Å². The van der Waals surface area contributed by atoms with Crippen molar-refractivity contribution in [3.8, 4) is 0 Å². The van der Waals surface area contributed by atoms with Crippen molar-refractivity contribution in [1.29, 1.82) is 0 Å². The summed E-state index contributed by atoms with van der Waals surface area (Å²) in [6.45, 7) is 4.94. The van der Waals surface area contributed by atoms with Crippen LogP contribution < -0.4 is 4.90 Å². The van der Waals surface area contributed by atoms with Crippen LogP contribution >= 0.6 is 0 Å². The molecular formula is C24H30N2O5. The standard InChI is InChI=1S/C24H30N2O5/c1-4-30-24(29)22-16(2)21(17(3)25-22)23(28)31-15-20(27)26(18-11-7-5-8-12-18)19-13-9-6-10-14-19/h5,7-8,11-12,19,25H,4,6,9-10,13-15H2,1-3H3. The molecule has 0 unspecified atom stereocenters. The van der Waals surface area contributed by atoms with Crippen molar-refractivity contribution in [1.82, 2.24) is 4.98 Å². The minimum Gasteiger partial charge on any atom is -0.461 e. The molecule has 0 radical (unpaired) electrons. The summed E-state index contributed by atoms with van der Waals surface area (Å²) in [7, 11) is 0. The second-order valence-corrected chi connectivity index (χ2v) is 7.81. The van der Waals surface area contributed by atoms with E-state index in [0.29, 0.717) is 11.3 Å². The predicted octanol–water partition coefficient (Wildman–Crippen LogP) is 4.33. The van der Waals surface area contributed by atoms with Crippen molar-refractivity contribution in [2.75, 3.05) is 18.1 Å². The summed E-state index contributed by atoms with van der Waals surface area (Å²) >= 11 is 0. The van der Waals surface area contributed by atoms with E-state index in [-0.39, 0.29) is 36.4 Å². The molecule has 1 aliphatic carbocycles. The number of anilines is 1. The SMILES string of the molecule is CCOC(=O)c1[nH]c(C)c(C(=O)OCC(=O)N(c2ccccc2)C2CCCCC2)c1C. The normalized spacial score (nSPS) is 14.2. The molecule has 1 heterocycles. The van der Waals surface area contributed by atoms with Gasteiger partial charge in [0, 0.05) is 17.4 Å². The first-order chi connectivity index (χ1) is 14.9. The fourth-order valence-electron chi connectivity index (χ4n) is 4.22. The Kier molecular flexibility index (Phi) is 7.50. The summed E-state index contributed by atoms with van der Waals surface area (Å²) in [6.07, 6.45) is 5.22. The van der Waals surface area contributed by atoms with Crippen LogP contribution in [-0.2, 0) is 14.3 Å². The van der Waals surface area contributed by atoms with Crippen molar-refractivity contribution in [3.63, 3.8) is 0 Å². The van der Waals surface area contributed by atoms with Gasteiger partial charge in [0.2, 0.25) is 0 Å². The number of benzene rings is 1. The second kappa shape index (κ2) is 10.3. The molecule has 0 saturated heterocycles. The van der Waals surface area contributed by atoms with Crippen molar-refractivity contribution in [2.24, 2.45) is 0 Å². The highest BCUT2D eigenvalue weighted by atomic mass is 16.5. The number of rotatable bonds is 7. The molecule has 1 saturated carbocycles. The quantitative estimate of drug-likeness (QED) is 0.666. The van der Waals surface area contributed by atoms with E-state index in [1.165, 1.54) is 6.42 Å². The number of H-pyrrole nitrogens is 1. The van der Waals surface area contributed by atoms with E-state index in [2.05, 4.69) is 4.98 Å². The number of ether oxygens (including phenoxy) is 2. The van der Waals surface area contributed by atoms with Crippen LogP contribution in [0.2, 0.25) is 0 Å². The number of hydrogen-bond acceptors (Lipinski definition) is 5. The molecule has 7 nitrogen and oxygen atoms in total. The van der Waals surface area contributed by atoms with Gasteiger partial charge in [-0.25, -0.2) is 9.59 Å². The lowest BCUT2D eigenvalue weighted by Crippen LogP contribution is -2.43. The molecule has 2 aromatic rings. The molecule has 0 spiro atoms. The third kappa shape index (κ3) is 5.16. The van der Waals surface area contributed by atoms with Crippen molar-refractivity contribution in [3.05, 3.63) is 52.8 Å². The van der Waals surface area contributed by atoms with Gasteiger partial charge in [0.15, 0.2) is 6.61 Å². The number of hydrogen-bond donors (Lipinski definition) is 1. The maximum absolute atomic E-state index is 13.1. The Bertz CT molecular complexity index is 929. The molecule has 0 atom stereocenters. The van der Waals surface area contributed by atoms with Crippen LogP contribution in [-0.4, -0.2) is 42.1 Å². The average Bonchev–Trinajstić information content (AvgIpc) is 3.08. The number of esters is 2. The monoisotopic (exact) mass is 426 g/mol. The van der Waals surface area contributed by atoms with Crippen molar-refractivity contribution < 1.29 is 23.9 Å². The minimum absolute atomic E-state index is 0.105. The maximum Gasteiger partial charge on any atom is 0.355 e. The Balaban J connectivity index is 1.74. The van der Waals surface area contributed by atoms with Crippen LogP contribution in [0.1, 0.15) is 71.1 Å². The Morgan fingerprint density at radius 2 is 1.68 bits per heavy atom. The van der Waals surface area contributed by atoms with E-state index in [9.17, 15) is 14.4 Å². The van der Waals surface area contributed by atoms with Gasteiger partial charge in [-0.2, -0.15) is 0 Å². The summed E-state index contributed by atoms with van der Waals surface area (Å²) in [5.41, 5.74) is 2.27. The summed E-state index contributed by atoms with van der Waals surface area (Å²) in [6, 6.07) is 9.61. The van der Waals surface area contributed by atoms with Crippen LogP contribution in [0.5, 0.6) is 0 Å². The second-order valence-electron chi connectivity index (χ2n) is 7.81. The van der Waals surface area contributed by atoms with Crippen LogP contribution in [0.3, 0.4) is 0 Å². The third-order valence-corrected chi connectivity index (χ3v) is 5.69. The largest absolute Gasteiger partial charge is 0.461 e. The zero-order valence-electron chi connectivity index (χ0n) is 18.4. The van der Waals surface area contributed by atoms with Gasteiger partial charge in [-0.1, -0.05) is 37.5 Å².